The molecule has 4 aromatic rings. The van der Waals surface area contributed by atoms with Crippen molar-refractivity contribution in [1.82, 2.24) is 24.8 Å². The van der Waals surface area contributed by atoms with Gasteiger partial charge in [0.15, 0.2) is 22.1 Å². The van der Waals surface area contributed by atoms with Crippen molar-refractivity contribution in [3.63, 3.8) is 0 Å². The van der Waals surface area contributed by atoms with Crippen molar-refractivity contribution >= 4 is 40.3 Å². The summed E-state index contributed by atoms with van der Waals surface area (Å²) in [7, 11) is 1.66. The van der Waals surface area contributed by atoms with E-state index in [2.05, 4.69) is 39.8 Å². The van der Waals surface area contributed by atoms with Crippen molar-refractivity contribution < 1.29 is 4.74 Å². The number of fused-ring (bicyclic) bond motifs is 1. The fraction of sp³-hybridized carbons (Fsp3) is 0.292. The summed E-state index contributed by atoms with van der Waals surface area (Å²) in [5.74, 6) is 1.20. The highest BCUT2D eigenvalue weighted by atomic mass is 35.5. The standard InChI is InChI=1S/C24H27ClN6OS/c1-15(2)27-9-4-10-31-23-21(22(26)28-14-29-23)30-24(31)33-20-12-17(11-18(25)13-20)16-5-7-19(32-3)8-6-16/h5-8,11-15,27H,4,9-10H2,1-3H3,(H2,26,28,29). The van der Waals surface area contributed by atoms with Crippen LogP contribution in [0.2, 0.25) is 5.02 Å². The van der Waals surface area contributed by atoms with Gasteiger partial charge in [0, 0.05) is 22.5 Å². The molecule has 2 aromatic carbocycles. The summed E-state index contributed by atoms with van der Waals surface area (Å²) in [4.78, 5) is 14.3. The van der Waals surface area contributed by atoms with E-state index in [0.717, 1.165) is 52.1 Å². The van der Waals surface area contributed by atoms with Crippen molar-refractivity contribution in [2.45, 2.75) is 42.9 Å². The number of nitrogen functional groups attached to an aromatic ring is 1. The molecule has 0 fully saturated rings. The van der Waals surface area contributed by atoms with Gasteiger partial charge in [0.2, 0.25) is 0 Å². The number of nitrogens with two attached hydrogens (primary N) is 1. The first-order valence-corrected chi connectivity index (χ1v) is 12.0. The largest absolute Gasteiger partial charge is 0.497 e. The highest BCUT2D eigenvalue weighted by Crippen LogP contribution is 2.35. The summed E-state index contributed by atoms with van der Waals surface area (Å²) in [5, 5.41) is 4.92. The van der Waals surface area contributed by atoms with E-state index < -0.39 is 0 Å². The number of aromatic nitrogens is 4. The van der Waals surface area contributed by atoms with Crippen molar-refractivity contribution in [1.29, 1.82) is 0 Å². The van der Waals surface area contributed by atoms with Crippen LogP contribution in [-0.2, 0) is 6.54 Å². The third kappa shape index (κ3) is 5.58. The number of hydrogen-bond acceptors (Lipinski definition) is 7. The number of anilines is 1. The lowest BCUT2D eigenvalue weighted by Gasteiger charge is -2.11. The van der Waals surface area contributed by atoms with Crippen LogP contribution in [0.4, 0.5) is 5.82 Å². The van der Waals surface area contributed by atoms with E-state index in [1.165, 1.54) is 6.33 Å². The van der Waals surface area contributed by atoms with E-state index >= 15 is 0 Å². The molecule has 0 aliphatic carbocycles. The number of imidazole rings is 1. The maximum absolute atomic E-state index is 6.48. The van der Waals surface area contributed by atoms with Crippen molar-refractivity contribution in [2.24, 2.45) is 0 Å². The van der Waals surface area contributed by atoms with Gasteiger partial charge in [-0.05, 0) is 54.4 Å². The molecular formula is C24H27ClN6OS. The third-order valence-electron chi connectivity index (χ3n) is 5.14. The molecule has 2 heterocycles. The van der Waals surface area contributed by atoms with Gasteiger partial charge in [-0.3, -0.25) is 0 Å². The Morgan fingerprint density at radius 2 is 1.91 bits per heavy atom. The number of benzene rings is 2. The van der Waals surface area contributed by atoms with Gasteiger partial charge in [0.1, 0.15) is 12.1 Å². The fourth-order valence-corrected chi connectivity index (χ4v) is 4.83. The van der Waals surface area contributed by atoms with Crippen LogP contribution in [0.1, 0.15) is 20.3 Å². The Morgan fingerprint density at radius 3 is 2.64 bits per heavy atom. The number of ether oxygens (including phenoxy) is 1. The van der Waals surface area contributed by atoms with Gasteiger partial charge in [-0.2, -0.15) is 0 Å². The minimum Gasteiger partial charge on any atom is -0.497 e. The molecule has 4 rings (SSSR count). The van der Waals surface area contributed by atoms with Crippen LogP contribution in [0, 0.1) is 0 Å². The number of methoxy groups -OCH3 is 1. The average molecular weight is 483 g/mol. The Bertz CT molecular complexity index is 1240. The highest BCUT2D eigenvalue weighted by molar-refractivity contribution is 7.99. The molecule has 0 unspecified atom stereocenters. The van der Waals surface area contributed by atoms with Gasteiger partial charge in [0.05, 0.1) is 7.11 Å². The number of halogens is 1. The summed E-state index contributed by atoms with van der Waals surface area (Å²) in [5.41, 5.74) is 9.54. The van der Waals surface area contributed by atoms with Crippen LogP contribution >= 0.6 is 23.4 Å². The molecule has 2 aromatic heterocycles. The van der Waals surface area contributed by atoms with Gasteiger partial charge < -0.3 is 20.4 Å². The molecule has 0 atom stereocenters. The normalized spacial score (nSPS) is 11.4. The molecular weight excluding hydrogens is 456 g/mol. The van der Waals surface area contributed by atoms with Crippen LogP contribution in [0.5, 0.6) is 5.75 Å². The zero-order chi connectivity index (χ0) is 23.4. The monoisotopic (exact) mass is 482 g/mol. The molecule has 0 aliphatic rings. The van der Waals surface area contributed by atoms with E-state index in [-0.39, 0.29) is 0 Å². The third-order valence-corrected chi connectivity index (χ3v) is 6.32. The average Bonchev–Trinajstić information content (AvgIpc) is 3.14. The predicted octanol–water partition coefficient (Wildman–Crippen LogP) is 5.28. The Kier molecular flexibility index (Phi) is 7.37. The van der Waals surface area contributed by atoms with Crippen molar-refractivity contribution in [3.8, 4) is 16.9 Å². The molecule has 0 radical (unpaired) electrons. The number of aryl methyl sites for hydroxylation is 1. The molecule has 0 saturated heterocycles. The SMILES string of the molecule is COc1ccc(-c2cc(Cl)cc(Sc3nc4c(N)ncnc4n3CCCNC(C)C)c2)cc1. The molecule has 7 nitrogen and oxygen atoms in total. The molecule has 0 bridgehead atoms. The maximum Gasteiger partial charge on any atom is 0.175 e. The summed E-state index contributed by atoms with van der Waals surface area (Å²) >= 11 is 8.03. The molecule has 9 heteroatoms. The Morgan fingerprint density at radius 1 is 1.12 bits per heavy atom. The Balaban J connectivity index is 1.65. The molecule has 0 aliphatic heterocycles. The molecule has 0 amide bonds. The second-order valence-electron chi connectivity index (χ2n) is 7.95. The number of rotatable bonds is 9. The number of nitrogens with one attached hydrogen (secondary N) is 1. The second kappa shape index (κ2) is 10.4. The summed E-state index contributed by atoms with van der Waals surface area (Å²) < 4.78 is 7.37. The van der Waals surface area contributed by atoms with Gasteiger partial charge in [0.25, 0.3) is 0 Å². The van der Waals surface area contributed by atoms with E-state index in [9.17, 15) is 0 Å². The van der Waals surface area contributed by atoms with E-state index in [1.54, 1.807) is 18.9 Å². The first-order chi connectivity index (χ1) is 15.9. The minimum absolute atomic E-state index is 0.380. The Hall–Kier alpha value is -2.81. The van der Waals surface area contributed by atoms with Gasteiger partial charge in [-0.25, -0.2) is 15.0 Å². The van der Waals surface area contributed by atoms with Crippen LogP contribution in [0.15, 0.2) is 58.8 Å². The smallest absolute Gasteiger partial charge is 0.175 e. The lowest BCUT2D eigenvalue weighted by molar-refractivity contribution is 0.415. The van der Waals surface area contributed by atoms with Gasteiger partial charge >= 0.3 is 0 Å². The number of nitrogens with zero attached hydrogens (tertiary/aromatic N) is 4. The van der Waals surface area contributed by atoms with Crippen LogP contribution < -0.4 is 15.8 Å². The fourth-order valence-electron chi connectivity index (χ4n) is 3.52. The van der Waals surface area contributed by atoms with E-state index in [4.69, 9.17) is 27.1 Å². The van der Waals surface area contributed by atoms with E-state index in [0.29, 0.717) is 22.4 Å². The zero-order valence-electron chi connectivity index (χ0n) is 18.9. The minimum atomic E-state index is 0.380. The van der Waals surface area contributed by atoms with Gasteiger partial charge in [-0.1, -0.05) is 49.3 Å². The molecule has 33 heavy (non-hydrogen) atoms. The summed E-state index contributed by atoms with van der Waals surface area (Å²) in [6.07, 6.45) is 2.42. The second-order valence-corrected chi connectivity index (χ2v) is 9.42. The topological polar surface area (TPSA) is 90.9 Å². The van der Waals surface area contributed by atoms with E-state index in [1.807, 2.05) is 36.4 Å². The van der Waals surface area contributed by atoms with Crippen molar-refractivity contribution in [2.75, 3.05) is 19.4 Å². The highest BCUT2D eigenvalue weighted by Gasteiger charge is 2.16. The molecule has 0 saturated carbocycles. The van der Waals surface area contributed by atoms with Crippen LogP contribution in [0.25, 0.3) is 22.3 Å². The first-order valence-electron chi connectivity index (χ1n) is 10.8. The predicted molar refractivity (Wildman–Crippen MR) is 135 cm³/mol. The molecule has 172 valence electrons. The lowest BCUT2D eigenvalue weighted by atomic mass is 10.1. The molecule has 3 N–H and O–H groups in total. The van der Waals surface area contributed by atoms with Gasteiger partial charge in [-0.15, -0.1) is 0 Å². The molecule has 0 spiro atoms. The zero-order valence-corrected chi connectivity index (χ0v) is 20.5. The van der Waals surface area contributed by atoms with Crippen molar-refractivity contribution in [3.05, 3.63) is 53.8 Å². The number of hydrogen-bond donors (Lipinski definition) is 2. The summed E-state index contributed by atoms with van der Waals surface area (Å²) in [6.45, 7) is 5.95. The lowest BCUT2D eigenvalue weighted by Crippen LogP contribution is -2.24. The Labute approximate surface area is 202 Å². The van der Waals surface area contributed by atoms with Crippen LogP contribution in [0.3, 0.4) is 0 Å². The first kappa shape index (κ1) is 23.4. The maximum atomic E-state index is 6.48. The van der Waals surface area contributed by atoms with Crippen LogP contribution in [-0.4, -0.2) is 39.2 Å². The summed E-state index contributed by atoms with van der Waals surface area (Å²) in [6, 6.07) is 14.4. The quantitative estimate of drug-likeness (QED) is 0.314.